The number of hydrogen-bond acceptors (Lipinski definition) is 4. The summed E-state index contributed by atoms with van der Waals surface area (Å²) in [5, 5.41) is 0. The van der Waals surface area contributed by atoms with Crippen molar-refractivity contribution < 1.29 is 14.3 Å². The summed E-state index contributed by atoms with van der Waals surface area (Å²) in [4.78, 5) is 29.1. The first-order chi connectivity index (χ1) is 15.0. The van der Waals surface area contributed by atoms with Crippen molar-refractivity contribution >= 4 is 11.8 Å². The van der Waals surface area contributed by atoms with Crippen molar-refractivity contribution in [1.29, 1.82) is 0 Å². The molecule has 1 fully saturated rings. The molecule has 2 aromatic carbocycles. The second-order valence-corrected chi connectivity index (χ2v) is 8.74. The highest BCUT2D eigenvalue weighted by Gasteiger charge is 2.41. The Bertz CT molecular complexity index is 933. The van der Waals surface area contributed by atoms with Gasteiger partial charge in [-0.1, -0.05) is 48.5 Å². The van der Waals surface area contributed by atoms with Gasteiger partial charge in [0, 0.05) is 38.5 Å². The van der Waals surface area contributed by atoms with Gasteiger partial charge in [-0.25, -0.2) is 0 Å². The zero-order valence-corrected chi connectivity index (χ0v) is 18.1. The first-order valence-corrected chi connectivity index (χ1v) is 11.1. The fourth-order valence-corrected chi connectivity index (χ4v) is 4.67. The lowest BCUT2D eigenvalue weighted by molar-refractivity contribution is -0.134. The molecule has 2 amide bonds. The van der Waals surface area contributed by atoms with Gasteiger partial charge < -0.3 is 20.3 Å². The molecule has 6 heteroatoms. The molecule has 2 aromatic rings. The Balaban J connectivity index is 1.48. The molecular formula is C25H31N3O3. The number of carbonyl (C=O) groups is 2. The molecule has 1 saturated heterocycles. The molecule has 164 valence electrons. The maximum Gasteiger partial charge on any atom is 0.239 e. The monoisotopic (exact) mass is 421 g/mol. The molecule has 0 bridgehead atoms. The van der Waals surface area contributed by atoms with Gasteiger partial charge in [-0.3, -0.25) is 9.59 Å². The summed E-state index contributed by atoms with van der Waals surface area (Å²) >= 11 is 0. The molecule has 0 radical (unpaired) electrons. The van der Waals surface area contributed by atoms with Crippen LogP contribution in [0.5, 0.6) is 5.75 Å². The molecule has 2 aliphatic rings. The second kappa shape index (κ2) is 9.10. The van der Waals surface area contributed by atoms with Gasteiger partial charge in [-0.15, -0.1) is 0 Å². The molecule has 0 saturated carbocycles. The number of para-hydroxylation sites is 1. The highest BCUT2D eigenvalue weighted by Crippen LogP contribution is 2.35. The van der Waals surface area contributed by atoms with Crippen LogP contribution >= 0.6 is 0 Å². The van der Waals surface area contributed by atoms with E-state index in [2.05, 4.69) is 0 Å². The van der Waals surface area contributed by atoms with Crippen LogP contribution in [0.25, 0.3) is 0 Å². The molecule has 0 unspecified atom stereocenters. The molecule has 2 atom stereocenters. The van der Waals surface area contributed by atoms with Crippen molar-refractivity contribution in [3.05, 3.63) is 65.7 Å². The van der Waals surface area contributed by atoms with Gasteiger partial charge in [0.2, 0.25) is 11.8 Å². The summed E-state index contributed by atoms with van der Waals surface area (Å²) in [5.41, 5.74) is 7.88. The summed E-state index contributed by atoms with van der Waals surface area (Å²) in [6, 6.07) is 17.3. The number of nitrogens with two attached hydrogens (primary N) is 1. The Morgan fingerprint density at radius 2 is 1.77 bits per heavy atom. The summed E-state index contributed by atoms with van der Waals surface area (Å²) < 4.78 is 6.57. The third-order valence-corrected chi connectivity index (χ3v) is 6.41. The molecule has 4 rings (SSSR count). The molecule has 0 aromatic heterocycles. The number of carbonyl (C=O) groups excluding carboxylic acids is 2. The summed E-state index contributed by atoms with van der Waals surface area (Å²) in [5.74, 6) is 0.867. The summed E-state index contributed by atoms with van der Waals surface area (Å²) in [7, 11) is 0. The first kappa shape index (κ1) is 21.4. The van der Waals surface area contributed by atoms with Gasteiger partial charge in [-0.05, 0) is 30.9 Å². The van der Waals surface area contributed by atoms with E-state index in [0.717, 1.165) is 29.7 Å². The molecule has 0 aliphatic carbocycles. The van der Waals surface area contributed by atoms with Crippen molar-refractivity contribution in [1.82, 2.24) is 9.80 Å². The van der Waals surface area contributed by atoms with E-state index in [1.165, 1.54) is 0 Å². The minimum Gasteiger partial charge on any atom is -0.485 e. The smallest absolute Gasteiger partial charge is 0.239 e. The van der Waals surface area contributed by atoms with Crippen molar-refractivity contribution in [3.8, 4) is 5.75 Å². The van der Waals surface area contributed by atoms with Crippen LogP contribution < -0.4 is 10.5 Å². The van der Waals surface area contributed by atoms with Gasteiger partial charge in [0.05, 0.1) is 12.6 Å². The number of likely N-dealkylation sites (tertiary alicyclic amines) is 1. The highest BCUT2D eigenvalue weighted by atomic mass is 16.5. The zero-order chi connectivity index (χ0) is 21.8. The van der Waals surface area contributed by atoms with Crippen molar-refractivity contribution in [3.63, 3.8) is 0 Å². The van der Waals surface area contributed by atoms with Gasteiger partial charge in [0.25, 0.3) is 0 Å². The average Bonchev–Trinajstić information content (AvgIpc) is 3.07. The van der Waals surface area contributed by atoms with E-state index in [9.17, 15) is 9.59 Å². The maximum absolute atomic E-state index is 13.1. The number of hydrogen-bond donors (Lipinski definition) is 1. The normalized spacial score (nSPS) is 22.1. The lowest BCUT2D eigenvalue weighted by Crippen LogP contribution is -2.49. The van der Waals surface area contributed by atoms with Crippen LogP contribution in [0, 0.1) is 0 Å². The molecule has 2 heterocycles. The van der Waals surface area contributed by atoms with Crippen LogP contribution in [-0.4, -0.2) is 52.9 Å². The Morgan fingerprint density at radius 3 is 2.55 bits per heavy atom. The molecule has 31 heavy (non-hydrogen) atoms. The average molecular weight is 422 g/mol. The van der Waals surface area contributed by atoms with E-state index < -0.39 is 11.6 Å². The lowest BCUT2D eigenvalue weighted by atomic mass is 9.93. The van der Waals surface area contributed by atoms with Crippen molar-refractivity contribution in [2.75, 3.05) is 19.6 Å². The summed E-state index contributed by atoms with van der Waals surface area (Å²) in [6.45, 7) is 3.94. The van der Waals surface area contributed by atoms with Crippen molar-refractivity contribution in [2.45, 2.75) is 50.8 Å². The maximum atomic E-state index is 13.1. The fraction of sp³-hybridized carbons (Fsp3) is 0.440. The molecule has 1 spiro atoms. The first-order valence-electron chi connectivity index (χ1n) is 11.1. The predicted octanol–water partition coefficient (Wildman–Crippen LogP) is 2.75. The number of nitrogens with zero attached hydrogens (tertiary/aromatic N) is 2. The minimum atomic E-state index is -0.555. The van der Waals surface area contributed by atoms with E-state index in [1.54, 1.807) is 6.92 Å². The highest BCUT2D eigenvalue weighted by molar-refractivity contribution is 5.82. The Morgan fingerprint density at radius 1 is 1.03 bits per heavy atom. The van der Waals surface area contributed by atoms with E-state index in [-0.39, 0.29) is 11.8 Å². The van der Waals surface area contributed by atoms with Gasteiger partial charge in [0.1, 0.15) is 11.4 Å². The Kier molecular flexibility index (Phi) is 6.28. The predicted molar refractivity (Wildman–Crippen MR) is 119 cm³/mol. The van der Waals surface area contributed by atoms with Gasteiger partial charge >= 0.3 is 0 Å². The standard InChI is InChI=1S/C25H31N3O3/c1-19(29)28-17-21-10-5-6-11-23(21)31-25(18-28)12-7-14-27(15-13-25)24(30)22(26)16-20-8-3-2-4-9-20/h2-6,8-11,22H,7,12-18,26H2,1H3/t22-,25+/m0/s1. The van der Waals surface area contributed by atoms with Crippen LogP contribution in [0.2, 0.25) is 0 Å². The van der Waals surface area contributed by atoms with Gasteiger partial charge in [-0.2, -0.15) is 0 Å². The lowest BCUT2D eigenvalue weighted by Gasteiger charge is -2.35. The van der Waals surface area contributed by atoms with Crippen LogP contribution in [0.1, 0.15) is 37.3 Å². The molecule has 6 nitrogen and oxygen atoms in total. The fourth-order valence-electron chi connectivity index (χ4n) is 4.67. The Hall–Kier alpha value is -2.86. The van der Waals surface area contributed by atoms with E-state index in [4.69, 9.17) is 10.5 Å². The number of amides is 2. The zero-order valence-electron chi connectivity index (χ0n) is 18.1. The van der Waals surface area contributed by atoms with Gasteiger partial charge in [0.15, 0.2) is 0 Å². The Labute approximate surface area is 184 Å². The van der Waals surface area contributed by atoms with E-state index in [0.29, 0.717) is 39.0 Å². The SMILES string of the molecule is CC(=O)N1Cc2ccccc2O[C@@]2(CCCN(C(=O)[C@@H](N)Cc3ccccc3)CC2)C1. The molecule has 2 N–H and O–H groups in total. The van der Waals surface area contributed by atoms with Crippen LogP contribution in [-0.2, 0) is 22.6 Å². The van der Waals surface area contributed by atoms with E-state index >= 15 is 0 Å². The topological polar surface area (TPSA) is 75.9 Å². The second-order valence-electron chi connectivity index (χ2n) is 8.74. The van der Waals surface area contributed by atoms with Crippen molar-refractivity contribution in [2.24, 2.45) is 5.73 Å². The molecular weight excluding hydrogens is 390 g/mol. The third kappa shape index (κ3) is 4.90. The van der Waals surface area contributed by atoms with Crippen LogP contribution in [0.3, 0.4) is 0 Å². The van der Waals surface area contributed by atoms with Crippen LogP contribution in [0.4, 0.5) is 0 Å². The molecule has 2 aliphatic heterocycles. The number of fused-ring (bicyclic) bond motifs is 1. The van der Waals surface area contributed by atoms with E-state index in [1.807, 2.05) is 64.4 Å². The summed E-state index contributed by atoms with van der Waals surface area (Å²) in [6.07, 6.45) is 2.82. The number of benzene rings is 2. The number of rotatable bonds is 3. The third-order valence-electron chi connectivity index (χ3n) is 6.41. The minimum absolute atomic E-state index is 0.0154. The quantitative estimate of drug-likeness (QED) is 0.827. The van der Waals surface area contributed by atoms with Crippen LogP contribution in [0.15, 0.2) is 54.6 Å². The number of ether oxygens (including phenoxy) is 1. The largest absolute Gasteiger partial charge is 0.485 e.